The quantitative estimate of drug-likeness (QED) is 0.0340. The minimum atomic E-state index is -0.691. The summed E-state index contributed by atoms with van der Waals surface area (Å²) in [5, 5.41) is 29.4. The van der Waals surface area contributed by atoms with Crippen LogP contribution in [0.25, 0.3) is 44.3 Å². The molecule has 79 heavy (non-hydrogen) atoms. The number of benzene rings is 2. The number of aryl methyl sites for hydroxylation is 5. The fraction of sp³-hybridized carbons (Fsp3) is 0.448. The van der Waals surface area contributed by atoms with Crippen molar-refractivity contribution in [3.8, 4) is 22.3 Å². The number of fused-ring (bicyclic) bond motifs is 2. The number of aromatic nitrogens is 8. The molecule has 0 amide bonds. The molecule has 2 N–H and O–H groups in total. The predicted molar refractivity (Wildman–Crippen MR) is 293 cm³/mol. The second-order valence-corrected chi connectivity index (χ2v) is 21.7. The normalized spacial score (nSPS) is 15.0. The van der Waals surface area contributed by atoms with Crippen LogP contribution in [0.4, 0.5) is 9.59 Å². The number of allylic oxidation sites excluding steroid dienone is 2. The largest absolute Gasteiger partial charge is 1.00 e. The number of methoxy groups -OCH3 is 1. The van der Waals surface area contributed by atoms with E-state index in [2.05, 4.69) is 32.4 Å². The van der Waals surface area contributed by atoms with Crippen LogP contribution >= 0.6 is 0 Å². The van der Waals surface area contributed by atoms with Gasteiger partial charge < -0.3 is 38.8 Å². The molecule has 0 spiro atoms. The van der Waals surface area contributed by atoms with Crippen molar-refractivity contribution in [2.24, 2.45) is 0 Å². The number of carbonyl (C=O) groups excluding carboxylic acids is 4. The molecule has 3 fully saturated rings. The molecule has 21 heteroatoms. The summed E-state index contributed by atoms with van der Waals surface area (Å²) >= 11 is 0. The van der Waals surface area contributed by atoms with E-state index in [-0.39, 0.29) is 47.7 Å². The summed E-state index contributed by atoms with van der Waals surface area (Å²) in [5.74, 6) is 1.90. The number of nitrogens with one attached hydrogen (secondary N) is 2. The zero-order valence-electron chi connectivity index (χ0n) is 48.0. The second kappa shape index (κ2) is 25.2. The molecule has 20 nitrogen and oxygen atoms in total. The number of carbonyl (C=O) groups is 4. The third-order valence-electron chi connectivity index (χ3n) is 12.5. The Labute approximate surface area is 471 Å². The molecule has 6 heterocycles. The molecular formula is C58H69LiN10O10. The number of ether oxygens (including phenoxy) is 4. The van der Waals surface area contributed by atoms with Crippen molar-refractivity contribution >= 4 is 57.9 Å². The molecule has 7 aromatic rings. The number of imidazole rings is 2. The molecular weight excluding hydrogens is 1000 g/mol. The zero-order valence-corrected chi connectivity index (χ0v) is 48.0. The van der Waals surface area contributed by atoms with E-state index in [1.165, 1.54) is 41.2 Å². The van der Waals surface area contributed by atoms with Gasteiger partial charge in [-0.3, -0.25) is 4.79 Å². The topological polar surface area (TPSA) is 266 Å². The van der Waals surface area contributed by atoms with E-state index in [0.29, 0.717) is 90.8 Å². The number of hydrogen-bond donors (Lipinski definition) is 2. The maximum absolute atomic E-state index is 13.7. The van der Waals surface area contributed by atoms with Crippen LogP contribution in [0.2, 0.25) is 0 Å². The Kier molecular flexibility index (Phi) is 19.4. The van der Waals surface area contributed by atoms with Crippen molar-refractivity contribution in [3.05, 3.63) is 106 Å². The average molecular weight is 1070 g/mol. The SMILES string of the molecule is CC(=N)/C=C\[C-]=N.CC1CCCO1.COC(=O)c1cc(-c2c(C)noc2C)cc2c1nc(C1CC1)n2C(=O)OC(C)(C)C.Cc1ccc(C(=O)c2cc(-c3c(C)noc3C)cc3c2nc(C2CC2)n3C(=O)OC(C)(C)C)nn1.[Li+]. The number of esters is 1. The summed E-state index contributed by atoms with van der Waals surface area (Å²) in [5.41, 5.74) is 6.78. The van der Waals surface area contributed by atoms with Crippen LogP contribution in [-0.4, -0.2) is 107 Å². The number of nitrogens with zero attached hydrogens (tertiary/aromatic N) is 8. The smallest absolute Gasteiger partial charge is 0.465 e. The Morgan fingerprint density at radius 3 is 1.53 bits per heavy atom. The van der Waals surface area contributed by atoms with Crippen LogP contribution in [0.1, 0.15) is 172 Å². The Hall–Kier alpha value is -7.40. The Morgan fingerprint density at radius 1 is 0.722 bits per heavy atom. The fourth-order valence-electron chi connectivity index (χ4n) is 8.70. The van der Waals surface area contributed by atoms with Crippen molar-refractivity contribution in [1.82, 2.24) is 39.6 Å². The molecule has 0 bridgehead atoms. The van der Waals surface area contributed by atoms with Gasteiger partial charge in [0.25, 0.3) is 0 Å². The molecule has 2 aliphatic carbocycles. The van der Waals surface area contributed by atoms with E-state index in [1.54, 1.807) is 38.1 Å². The van der Waals surface area contributed by atoms with Crippen molar-refractivity contribution in [2.75, 3.05) is 13.7 Å². The molecule has 1 saturated heterocycles. The van der Waals surface area contributed by atoms with Gasteiger partial charge in [-0.25, -0.2) is 39.6 Å². The van der Waals surface area contributed by atoms with E-state index >= 15 is 0 Å². The molecule has 1 aliphatic heterocycles. The first-order valence-electron chi connectivity index (χ1n) is 26.0. The predicted octanol–water partition coefficient (Wildman–Crippen LogP) is 9.35. The minimum Gasteiger partial charge on any atom is -0.465 e. The average Bonchev–Trinajstić information content (AvgIpc) is 4.19. The maximum Gasteiger partial charge on any atom is 1.00 e. The van der Waals surface area contributed by atoms with E-state index in [4.69, 9.17) is 43.8 Å². The summed E-state index contributed by atoms with van der Waals surface area (Å²) in [6.07, 6.45) is 10.7. The third-order valence-corrected chi connectivity index (χ3v) is 12.5. The zero-order chi connectivity index (χ0) is 57.0. The number of hydrogen-bond acceptors (Lipinski definition) is 18. The molecule has 1 unspecified atom stereocenters. The van der Waals surface area contributed by atoms with Gasteiger partial charge in [-0.05, 0) is 176 Å². The summed E-state index contributed by atoms with van der Waals surface area (Å²) in [4.78, 5) is 62.2. The summed E-state index contributed by atoms with van der Waals surface area (Å²) in [7, 11) is 1.32. The van der Waals surface area contributed by atoms with E-state index in [1.807, 2.05) is 87.6 Å². The summed E-state index contributed by atoms with van der Waals surface area (Å²) in [6, 6.07) is 10.5. The van der Waals surface area contributed by atoms with Gasteiger partial charge in [-0.2, -0.15) is 17.4 Å². The van der Waals surface area contributed by atoms with Crippen LogP contribution in [0, 0.1) is 45.4 Å². The van der Waals surface area contributed by atoms with E-state index in [0.717, 1.165) is 43.4 Å². The molecule has 10 rings (SSSR count). The number of ketones is 1. The molecule has 2 saturated carbocycles. The van der Waals surface area contributed by atoms with Gasteiger partial charge in [0.1, 0.15) is 51.1 Å². The second-order valence-electron chi connectivity index (χ2n) is 21.7. The van der Waals surface area contributed by atoms with Gasteiger partial charge >= 0.3 is 37.0 Å². The van der Waals surface area contributed by atoms with Gasteiger partial charge in [-0.15, -0.1) is 5.10 Å². The van der Waals surface area contributed by atoms with Gasteiger partial charge in [0.05, 0.1) is 52.5 Å². The van der Waals surface area contributed by atoms with E-state index in [9.17, 15) is 19.2 Å². The van der Waals surface area contributed by atoms with E-state index < -0.39 is 29.4 Å². The Balaban J connectivity index is 0.000000207. The summed E-state index contributed by atoms with van der Waals surface area (Å²) < 4.78 is 35.2. The first-order valence-corrected chi connectivity index (χ1v) is 26.0. The Morgan fingerprint density at radius 2 is 1.20 bits per heavy atom. The molecule has 1 atom stereocenters. The molecule has 3 aliphatic rings. The van der Waals surface area contributed by atoms with Crippen LogP contribution in [0.3, 0.4) is 0 Å². The van der Waals surface area contributed by atoms with Crippen LogP contribution in [0.15, 0.2) is 57.6 Å². The van der Waals surface area contributed by atoms with Gasteiger partial charge in [0.2, 0.25) is 5.78 Å². The first-order chi connectivity index (χ1) is 36.8. The van der Waals surface area contributed by atoms with Crippen molar-refractivity contribution in [3.63, 3.8) is 0 Å². The van der Waals surface area contributed by atoms with Gasteiger partial charge in [0, 0.05) is 29.6 Å². The molecule has 2 aromatic carbocycles. The molecule has 412 valence electrons. The molecule has 0 radical (unpaired) electrons. The summed E-state index contributed by atoms with van der Waals surface area (Å²) in [6.45, 7) is 24.7. The fourth-order valence-corrected chi connectivity index (χ4v) is 8.70. The maximum atomic E-state index is 13.7. The Bertz CT molecular complexity index is 3390. The van der Waals surface area contributed by atoms with Crippen LogP contribution in [0.5, 0.6) is 0 Å². The standard InChI is InChI=1S/C26H27N5O4.C22H25N3O5.C5H7N2.C5H10O.Li/c1-13-7-10-19(29-28-13)23(32)18-11-17(21-14(2)30-35-15(21)3)12-20-22(18)27-24(16-8-9-16)31(20)25(33)34-26(4,5)6;1-11-17(12(2)30-24-11)14-9-15(20(26)28-6)18-16(10-14)25(19(23-18)13-7-8-13)21(27)29-22(3,4)5;1-5(7)3-2-4-6;1-5-3-2-4-6-5;/h7,10-12,16H,8-9H2,1-6H3;9-10,13H,7-8H2,1-6H3;2-3,6-7H,1H3;5H,2-4H2,1H3;/q;;-1;;+1/b;;3-2-,7-5?;;. The van der Waals surface area contributed by atoms with Crippen LogP contribution < -0.4 is 18.9 Å². The molecule has 5 aromatic heterocycles. The van der Waals surface area contributed by atoms with Gasteiger partial charge in [-0.1, -0.05) is 16.0 Å². The van der Waals surface area contributed by atoms with Crippen molar-refractivity contribution < 1.29 is 66.0 Å². The van der Waals surface area contributed by atoms with Crippen molar-refractivity contribution in [2.45, 2.75) is 158 Å². The third kappa shape index (κ3) is 14.8. The number of rotatable bonds is 9. The first kappa shape index (κ1) is 60.8. The van der Waals surface area contributed by atoms with Gasteiger partial charge in [0.15, 0.2) is 0 Å². The van der Waals surface area contributed by atoms with Crippen LogP contribution in [-0.2, 0) is 18.9 Å². The monoisotopic (exact) mass is 1070 g/mol. The van der Waals surface area contributed by atoms with Crippen molar-refractivity contribution in [1.29, 1.82) is 10.8 Å². The minimum absolute atomic E-state index is 0.